The van der Waals surface area contributed by atoms with Crippen molar-refractivity contribution in [2.24, 2.45) is 0 Å². The lowest BCUT2D eigenvalue weighted by Gasteiger charge is -2.09. The lowest BCUT2D eigenvalue weighted by atomic mass is 9.99. The van der Waals surface area contributed by atoms with Crippen molar-refractivity contribution in [2.75, 3.05) is 0 Å². The zero-order valence-corrected chi connectivity index (χ0v) is 11.7. The second-order valence-corrected chi connectivity index (χ2v) is 5.12. The summed E-state index contributed by atoms with van der Waals surface area (Å²) in [6, 6.07) is 9.66. The van der Waals surface area contributed by atoms with Gasteiger partial charge in [-0.1, -0.05) is 12.1 Å². The topological polar surface area (TPSA) is 70.7 Å². The van der Waals surface area contributed by atoms with Crippen LogP contribution in [0.4, 0.5) is 0 Å². The molecule has 0 saturated heterocycles. The van der Waals surface area contributed by atoms with Crippen LogP contribution < -0.4 is 5.63 Å². The molecule has 0 aliphatic heterocycles. The summed E-state index contributed by atoms with van der Waals surface area (Å²) in [6.07, 6.45) is 0. The van der Waals surface area contributed by atoms with Crippen molar-refractivity contribution in [3.63, 3.8) is 0 Å². The van der Waals surface area contributed by atoms with Crippen LogP contribution in [0.3, 0.4) is 0 Å². The molecule has 0 aliphatic carbocycles. The van der Waals surface area contributed by atoms with Gasteiger partial charge in [0.05, 0.1) is 0 Å². The van der Waals surface area contributed by atoms with E-state index in [0.29, 0.717) is 27.7 Å². The summed E-state index contributed by atoms with van der Waals surface area (Å²) in [7, 11) is 0. The summed E-state index contributed by atoms with van der Waals surface area (Å²) >= 11 is 0. The van der Waals surface area contributed by atoms with E-state index < -0.39 is 5.63 Å². The lowest BCUT2D eigenvalue weighted by Crippen LogP contribution is -1.99. The fourth-order valence-electron chi connectivity index (χ4n) is 2.43. The first-order chi connectivity index (χ1) is 9.95. The number of benzene rings is 2. The molecule has 0 unspecified atom stereocenters. The van der Waals surface area contributed by atoms with Crippen LogP contribution in [0.2, 0.25) is 0 Å². The average Bonchev–Trinajstić information content (AvgIpc) is 2.42. The minimum Gasteiger partial charge on any atom is -0.508 e. The molecule has 0 amide bonds. The van der Waals surface area contributed by atoms with Crippen molar-refractivity contribution >= 4 is 11.0 Å². The lowest BCUT2D eigenvalue weighted by molar-refractivity contribution is 0.471. The number of hydrogen-bond donors (Lipinski definition) is 2. The highest BCUT2D eigenvalue weighted by Gasteiger charge is 2.12. The first kappa shape index (κ1) is 13.2. The van der Waals surface area contributed by atoms with E-state index in [4.69, 9.17) is 4.42 Å². The highest BCUT2D eigenvalue weighted by atomic mass is 16.4. The van der Waals surface area contributed by atoms with Crippen LogP contribution in [-0.2, 0) is 0 Å². The van der Waals surface area contributed by atoms with Crippen LogP contribution in [0.25, 0.3) is 22.1 Å². The van der Waals surface area contributed by atoms with Gasteiger partial charge in [0, 0.05) is 17.0 Å². The van der Waals surface area contributed by atoms with Gasteiger partial charge >= 0.3 is 5.63 Å². The Morgan fingerprint density at radius 3 is 2.43 bits per heavy atom. The van der Waals surface area contributed by atoms with Crippen molar-refractivity contribution in [3.05, 3.63) is 57.9 Å². The summed E-state index contributed by atoms with van der Waals surface area (Å²) in [5, 5.41) is 20.3. The smallest absolute Gasteiger partial charge is 0.336 e. The van der Waals surface area contributed by atoms with Gasteiger partial charge in [0.1, 0.15) is 17.1 Å². The molecule has 4 nitrogen and oxygen atoms in total. The predicted molar refractivity (Wildman–Crippen MR) is 80.7 cm³/mol. The molecule has 0 saturated carbocycles. The number of phenols is 2. The van der Waals surface area contributed by atoms with Crippen LogP contribution in [0, 0.1) is 13.8 Å². The third-order valence-electron chi connectivity index (χ3n) is 3.53. The molecule has 21 heavy (non-hydrogen) atoms. The summed E-state index contributed by atoms with van der Waals surface area (Å²) < 4.78 is 5.23. The molecule has 106 valence electrons. The van der Waals surface area contributed by atoms with Crippen molar-refractivity contribution in [1.29, 1.82) is 0 Å². The van der Waals surface area contributed by atoms with Crippen LogP contribution in [-0.4, -0.2) is 10.2 Å². The van der Waals surface area contributed by atoms with Gasteiger partial charge in [-0.25, -0.2) is 4.79 Å². The summed E-state index contributed by atoms with van der Waals surface area (Å²) in [5.41, 5.74) is 2.73. The first-order valence-corrected chi connectivity index (χ1v) is 6.53. The third-order valence-corrected chi connectivity index (χ3v) is 3.53. The number of phenolic OH excluding ortho intramolecular Hbond substituents is 2. The predicted octanol–water partition coefficient (Wildman–Crippen LogP) is 3.49. The van der Waals surface area contributed by atoms with E-state index in [2.05, 4.69) is 0 Å². The number of aryl methyl sites for hydroxylation is 2. The van der Waals surface area contributed by atoms with Crippen molar-refractivity contribution in [1.82, 2.24) is 0 Å². The first-order valence-electron chi connectivity index (χ1n) is 6.53. The molecule has 2 aromatic carbocycles. The van der Waals surface area contributed by atoms with Gasteiger partial charge in [-0.2, -0.15) is 0 Å². The minimum atomic E-state index is -0.466. The third kappa shape index (κ3) is 2.25. The highest BCUT2D eigenvalue weighted by Crippen LogP contribution is 2.33. The number of aromatic hydroxyl groups is 2. The van der Waals surface area contributed by atoms with E-state index in [1.165, 1.54) is 6.07 Å². The zero-order chi connectivity index (χ0) is 15.1. The standard InChI is InChI=1S/C17H14O4/c1-9-3-4-11(6-15(9)19)13-8-16(20)21-17-10(2)5-12(18)7-14(13)17/h3-8,18-19H,1-2H3. The molecule has 0 fully saturated rings. The van der Waals surface area contributed by atoms with Crippen LogP contribution >= 0.6 is 0 Å². The number of hydrogen-bond acceptors (Lipinski definition) is 4. The number of fused-ring (bicyclic) bond motifs is 1. The van der Waals surface area contributed by atoms with Crippen molar-refractivity contribution < 1.29 is 14.6 Å². The summed E-state index contributed by atoms with van der Waals surface area (Å²) in [6.45, 7) is 3.56. The fraction of sp³-hybridized carbons (Fsp3) is 0.118. The molecule has 0 aliphatic rings. The van der Waals surface area contributed by atoms with Crippen molar-refractivity contribution in [2.45, 2.75) is 13.8 Å². The van der Waals surface area contributed by atoms with E-state index in [0.717, 1.165) is 5.56 Å². The van der Waals surface area contributed by atoms with Gasteiger partial charge in [-0.3, -0.25) is 0 Å². The second kappa shape index (κ2) is 4.66. The van der Waals surface area contributed by atoms with Gasteiger partial charge in [0.2, 0.25) is 0 Å². The molecule has 0 spiro atoms. The van der Waals surface area contributed by atoms with Gasteiger partial charge in [-0.15, -0.1) is 0 Å². The van der Waals surface area contributed by atoms with Crippen LogP contribution in [0.1, 0.15) is 11.1 Å². The SMILES string of the molecule is Cc1ccc(-c2cc(=O)oc3c(C)cc(O)cc23)cc1O. The Labute approximate surface area is 120 Å². The molecule has 2 N–H and O–H groups in total. The molecular weight excluding hydrogens is 268 g/mol. The number of rotatable bonds is 1. The molecule has 3 aromatic rings. The molecular formula is C17H14O4. The van der Waals surface area contributed by atoms with E-state index in [9.17, 15) is 15.0 Å². The average molecular weight is 282 g/mol. The molecule has 0 atom stereocenters. The Bertz CT molecular complexity index is 907. The van der Waals surface area contributed by atoms with Gasteiger partial charge in [0.15, 0.2) is 0 Å². The maximum Gasteiger partial charge on any atom is 0.336 e. The Morgan fingerprint density at radius 2 is 1.71 bits per heavy atom. The Kier molecular flexibility index (Phi) is 2.94. The van der Waals surface area contributed by atoms with Crippen molar-refractivity contribution in [3.8, 4) is 22.6 Å². The Balaban J connectivity index is 2.41. The molecule has 1 heterocycles. The monoisotopic (exact) mass is 282 g/mol. The summed E-state index contributed by atoms with van der Waals surface area (Å²) in [5.74, 6) is 0.261. The van der Waals surface area contributed by atoms with E-state index >= 15 is 0 Å². The fourth-order valence-corrected chi connectivity index (χ4v) is 2.43. The van der Waals surface area contributed by atoms with E-state index in [1.807, 2.05) is 6.07 Å². The molecule has 3 rings (SSSR count). The largest absolute Gasteiger partial charge is 0.508 e. The normalized spacial score (nSPS) is 11.0. The summed E-state index contributed by atoms with van der Waals surface area (Å²) in [4.78, 5) is 11.8. The Morgan fingerprint density at radius 1 is 0.952 bits per heavy atom. The zero-order valence-electron chi connectivity index (χ0n) is 11.7. The highest BCUT2D eigenvalue weighted by molar-refractivity contribution is 5.95. The van der Waals surface area contributed by atoms with Crippen LogP contribution in [0.15, 0.2) is 45.6 Å². The maximum absolute atomic E-state index is 11.8. The van der Waals surface area contributed by atoms with Crippen LogP contribution in [0.5, 0.6) is 11.5 Å². The molecule has 1 aromatic heterocycles. The maximum atomic E-state index is 11.8. The molecule has 0 bridgehead atoms. The Hall–Kier alpha value is -2.75. The minimum absolute atomic E-state index is 0.103. The second-order valence-electron chi connectivity index (χ2n) is 5.12. The van der Waals surface area contributed by atoms with Gasteiger partial charge < -0.3 is 14.6 Å². The van der Waals surface area contributed by atoms with Gasteiger partial charge in [-0.05, 0) is 48.7 Å². The molecule has 0 radical (unpaired) electrons. The molecule has 4 heteroatoms. The quantitative estimate of drug-likeness (QED) is 0.670. The van der Waals surface area contributed by atoms with E-state index in [-0.39, 0.29) is 11.5 Å². The van der Waals surface area contributed by atoms with E-state index in [1.54, 1.807) is 38.1 Å². The van der Waals surface area contributed by atoms with Gasteiger partial charge in [0.25, 0.3) is 0 Å².